The molecule has 0 aromatic rings. The predicted molar refractivity (Wildman–Crippen MR) is 77.5 cm³/mol. The summed E-state index contributed by atoms with van der Waals surface area (Å²) in [6.07, 6.45) is 4.96. The van der Waals surface area contributed by atoms with Crippen LogP contribution in [0.3, 0.4) is 0 Å². The second-order valence-corrected chi connectivity index (χ2v) is 5.93. The van der Waals surface area contributed by atoms with Crippen LogP contribution in [0, 0.1) is 0 Å². The van der Waals surface area contributed by atoms with Crippen molar-refractivity contribution >= 4 is 11.9 Å². The molecular formula is C14H26N4O2. The molecule has 2 saturated heterocycles. The molecule has 3 amide bonds. The third kappa shape index (κ3) is 3.85. The minimum absolute atomic E-state index is 0.0275. The minimum atomic E-state index is -0.217. The molecular weight excluding hydrogens is 256 g/mol. The van der Waals surface area contributed by atoms with Gasteiger partial charge in [-0.05, 0) is 32.4 Å². The van der Waals surface area contributed by atoms with E-state index < -0.39 is 0 Å². The van der Waals surface area contributed by atoms with Gasteiger partial charge >= 0.3 is 6.03 Å². The van der Waals surface area contributed by atoms with E-state index in [4.69, 9.17) is 0 Å². The smallest absolute Gasteiger partial charge is 0.317 e. The second-order valence-electron chi connectivity index (χ2n) is 5.93. The summed E-state index contributed by atoms with van der Waals surface area (Å²) in [5.74, 6) is 0.0275. The number of hydrogen-bond acceptors (Lipinski definition) is 3. The van der Waals surface area contributed by atoms with E-state index in [2.05, 4.69) is 10.2 Å². The SMILES string of the molecule is CN(C)C(=O)NCC(=O)N1CC[C@H](N2CCCCC2)C1. The highest BCUT2D eigenvalue weighted by atomic mass is 16.2. The van der Waals surface area contributed by atoms with Crippen molar-refractivity contribution in [3.63, 3.8) is 0 Å². The standard InChI is InChI=1S/C14H26N4O2/c1-16(2)14(20)15-10-13(19)18-9-6-12(11-18)17-7-4-3-5-8-17/h12H,3-11H2,1-2H3,(H,15,20)/t12-/m0/s1. The van der Waals surface area contributed by atoms with Gasteiger partial charge in [-0.15, -0.1) is 0 Å². The van der Waals surface area contributed by atoms with Gasteiger partial charge in [0, 0.05) is 33.2 Å². The zero-order valence-electron chi connectivity index (χ0n) is 12.6. The minimum Gasteiger partial charge on any atom is -0.340 e. The lowest BCUT2D eigenvalue weighted by atomic mass is 10.1. The fourth-order valence-electron chi connectivity index (χ4n) is 2.97. The van der Waals surface area contributed by atoms with Gasteiger partial charge in [0.05, 0.1) is 6.54 Å². The molecule has 20 heavy (non-hydrogen) atoms. The summed E-state index contributed by atoms with van der Waals surface area (Å²) in [6.45, 7) is 4.08. The molecule has 2 fully saturated rings. The molecule has 6 nitrogen and oxygen atoms in total. The van der Waals surface area contributed by atoms with Gasteiger partial charge in [0.2, 0.25) is 5.91 Å². The van der Waals surface area contributed by atoms with Crippen molar-refractivity contribution in [3.8, 4) is 0 Å². The Bertz CT molecular complexity index is 353. The van der Waals surface area contributed by atoms with Crippen LogP contribution in [-0.2, 0) is 4.79 Å². The Labute approximate surface area is 121 Å². The summed E-state index contributed by atoms with van der Waals surface area (Å²) in [5, 5.41) is 2.64. The maximum absolute atomic E-state index is 12.1. The molecule has 0 aliphatic carbocycles. The molecule has 6 heteroatoms. The maximum atomic E-state index is 12.1. The number of nitrogens with zero attached hydrogens (tertiary/aromatic N) is 3. The van der Waals surface area contributed by atoms with Crippen LogP contribution in [-0.4, -0.2) is 79.5 Å². The zero-order chi connectivity index (χ0) is 14.5. The Hall–Kier alpha value is -1.30. The molecule has 1 N–H and O–H groups in total. The molecule has 0 spiro atoms. The van der Waals surface area contributed by atoms with Gasteiger partial charge in [-0.3, -0.25) is 9.69 Å². The highest BCUT2D eigenvalue weighted by Gasteiger charge is 2.30. The van der Waals surface area contributed by atoms with Crippen LogP contribution in [0.5, 0.6) is 0 Å². The molecule has 0 unspecified atom stereocenters. The monoisotopic (exact) mass is 282 g/mol. The molecule has 0 saturated carbocycles. The van der Waals surface area contributed by atoms with Crippen LogP contribution in [0.4, 0.5) is 4.79 Å². The molecule has 0 bridgehead atoms. The van der Waals surface area contributed by atoms with Gasteiger partial charge in [-0.2, -0.15) is 0 Å². The molecule has 0 aromatic heterocycles. The van der Waals surface area contributed by atoms with Crippen molar-refractivity contribution in [3.05, 3.63) is 0 Å². The van der Waals surface area contributed by atoms with Crippen molar-refractivity contribution < 1.29 is 9.59 Å². The van der Waals surface area contributed by atoms with Crippen molar-refractivity contribution in [2.75, 3.05) is 46.8 Å². The predicted octanol–water partition coefficient (Wildman–Crippen LogP) is 0.344. The van der Waals surface area contributed by atoms with E-state index in [0.29, 0.717) is 6.04 Å². The van der Waals surface area contributed by atoms with Gasteiger partial charge in [0.15, 0.2) is 0 Å². The van der Waals surface area contributed by atoms with Crippen molar-refractivity contribution in [1.29, 1.82) is 0 Å². The van der Waals surface area contributed by atoms with E-state index in [1.807, 2.05) is 4.90 Å². The van der Waals surface area contributed by atoms with E-state index in [0.717, 1.165) is 19.5 Å². The quantitative estimate of drug-likeness (QED) is 0.812. The maximum Gasteiger partial charge on any atom is 0.317 e. The van der Waals surface area contributed by atoms with Gasteiger partial charge in [0.1, 0.15) is 0 Å². The van der Waals surface area contributed by atoms with Gasteiger partial charge in [-0.1, -0.05) is 6.42 Å². The van der Waals surface area contributed by atoms with E-state index >= 15 is 0 Å². The van der Waals surface area contributed by atoms with Gasteiger partial charge < -0.3 is 15.1 Å². The summed E-state index contributed by atoms with van der Waals surface area (Å²) in [4.78, 5) is 29.3. The second kappa shape index (κ2) is 6.92. The third-order valence-electron chi connectivity index (χ3n) is 4.22. The lowest BCUT2D eigenvalue weighted by Crippen LogP contribution is -2.45. The molecule has 114 valence electrons. The molecule has 0 aromatic carbocycles. The number of likely N-dealkylation sites (tertiary alicyclic amines) is 2. The average Bonchev–Trinajstić information content (AvgIpc) is 2.95. The first-order valence-electron chi connectivity index (χ1n) is 7.55. The van der Waals surface area contributed by atoms with Crippen molar-refractivity contribution in [2.24, 2.45) is 0 Å². The van der Waals surface area contributed by atoms with Crippen molar-refractivity contribution in [1.82, 2.24) is 20.0 Å². The van der Waals surface area contributed by atoms with E-state index in [1.165, 1.54) is 37.3 Å². The Kier molecular flexibility index (Phi) is 5.23. The Balaban J connectivity index is 1.74. The number of urea groups is 1. The van der Waals surface area contributed by atoms with E-state index in [1.54, 1.807) is 14.1 Å². The number of carbonyl (C=O) groups excluding carboxylic acids is 2. The number of amides is 3. The molecule has 2 heterocycles. The van der Waals surface area contributed by atoms with Crippen molar-refractivity contribution in [2.45, 2.75) is 31.7 Å². The van der Waals surface area contributed by atoms with Gasteiger partial charge in [0.25, 0.3) is 0 Å². The first kappa shape index (κ1) is 15.1. The summed E-state index contributed by atoms with van der Waals surface area (Å²) < 4.78 is 0. The van der Waals surface area contributed by atoms with Crippen LogP contribution in [0.2, 0.25) is 0 Å². The third-order valence-corrected chi connectivity index (χ3v) is 4.22. The Morgan fingerprint density at radius 3 is 2.50 bits per heavy atom. The zero-order valence-corrected chi connectivity index (χ0v) is 12.6. The lowest BCUT2D eigenvalue weighted by Gasteiger charge is -2.32. The summed E-state index contributed by atoms with van der Waals surface area (Å²) >= 11 is 0. The van der Waals surface area contributed by atoms with Gasteiger partial charge in [-0.25, -0.2) is 4.79 Å². The summed E-state index contributed by atoms with van der Waals surface area (Å²) in [7, 11) is 3.34. The van der Waals surface area contributed by atoms with E-state index in [9.17, 15) is 9.59 Å². The fourth-order valence-corrected chi connectivity index (χ4v) is 2.97. The number of carbonyl (C=O) groups is 2. The average molecular weight is 282 g/mol. The highest BCUT2D eigenvalue weighted by Crippen LogP contribution is 2.20. The topological polar surface area (TPSA) is 55.9 Å². The van der Waals surface area contributed by atoms with Crippen LogP contribution in [0.1, 0.15) is 25.7 Å². The van der Waals surface area contributed by atoms with E-state index in [-0.39, 0.29) is 18.5 Å². The first-order valence-corrected chi connectivity index (χ1v) is 7.55. The molecule has 0 radical (unpaired) electrons. The molecule has 2 aliphatic heterocycles. The molecule has 2 rings (SSSR count). The fraction of sp³-hybridized carbons (Fsp3) is 0.857. The lowest BCUT2D eigenvalue weighted by molar-refractivity contribution is -0.129. The Morgan fingerprint density at radius 1 is 1.15 bits per heavy atom. The first-order chi connectivity index (χ1) is 9.58. The number of rotatable bonds is 3. The highest BCUT2D eigenvalue weighted by molar-refractivity contribution is 5.84. The largest absolute Gasteiger partial charge is 0.340 e. The van der Waals surface area contributed by atoms with Crippen LogP contribution >= 0.6 is 0 Å². The number of nitrogens with one attached hydrogen (secondary N) is 1. The summed E-state index contributed by atoms with van der Waals surface area (Å²) in [5.41, 5.74) is 0. The van der Waals surface area contributed by atoms with Crippen LogP contribution in [0.15, 0.2) is 0 Å². The molecule has 2 aliphatic rings. The Morgan fingerprint density at radius 2 is 1.85 bits per heavy atom. The number of hydrogen-bond donors (Lipinski definition) is 1. The van der Waals surface area contributed by atoms with Crippen LogP contribution in [0.25, 0.3) is 0 Å². The number of piperidine rings is 1. The molecule has 1 atom stereocenters. The summed E-state index contributed by atoms with van der Waals surface area (Å²) in [6, 6.07) is 0.300. The van der Waals surface area contributed by atoms with Crippen LogP contribution < -0.4 is 5.32 Å². The normalized spacial score (nSPS) is 23.7.